The number of aryl methyl sites for hydroxylation is 1. The molecule has 0 amide bonds. The lowest BCUT2D eigenvalue weighted by atomic mass is 10.1. The van der Waals surface area contributed by atoms with Gasteiger partial charge in [0.05, 0.1) is 0 Å². The molecule has 0 aromatic carbocycles. The molecular formula is C12H15N3. The van der Waals surface area contributed by atoms with E-state index in [1.807, 2.05) is 30.0 Å². The lowest BCUT2D eigenvalue weighted by Gasteiger charge is -2.07. The zero-order valence-electron chi connectivity index (χ0n) is 9.31. The van der Waals surface area contributed by atoms with Gasteiger partial charge in [0, 0.05) is 18.6 Å². The molecule has 0 aliphatic rings. The smallest absolute Gasteiger partial charge is 0.137 e. The van der Waals surface area contributed by atoms with E-state index in [1.54, 1.807) is 6.20 Å². The van der Waals surface area contributed by atoms with E-state index in [2.05, 4.69) is 29.9 Å². The molecule has 15 heavy (non-hydrogen) atoms. The normalized spacial score (nSPS) is 10.9. The zero-order valence-corrected chi connectivity index (χ0v) is 9.31. The minimum absolute atomic E-state index is 0.524. The molecule has 0 radical (unpaired) electrons. The van der Waals surface area contributed by atoms with Gasteiger partial charge in [-0.25, -0.2) is 9.97 Å². The van der Waals surface area contributed by atoms with Crippen molar-refractivity contribution in [2.45, 2.75) is 26.7 Å². The topological polar surface area (TPSA) is 30.7 Å². The van der Waals surface area contributed by atoms with Crippen LogP contribution in [0.25, 0.3) is 5.82 Å². The van der Waals surface area contributed by atoms with Crippen LogP contribution in [0.1, 0.15) is 31.2 Å². The summed E-state index contributed by atoms with van der Waals surface area (Å²) < 4.78 is 1.98. The molecule has 3 heteroatoms. The van der Waals surface area contributed by atoms with Crippen LogP contribution in [0, 0.1) is 6.92 Å². The monoisotopic (exact) mass is 201 g/mol. The molecule has 3 nitrogen and oxygen atoms in total. The van der Waals surface area contributed by atoms with Gasteiger partial charge in [-0.15, -0.1) is 0 Å². The van der Waals surface area contributed by atoms with Crippen LogP contribution >= 0.6 is 0 Å². The number of rotatable bonds is 2. The van der Waals surface area contributed by atoms with Crippen molar-refractivity contribution in [1.29, 1.82) is 0 Å². The van der Waals surface area contributed by atoms with Crippen molar-refractivity contribution >= 4 is 0 Å². The molecule has 2 heterocycles. The van der Waals surface area contributed by atoms with Crippen LogP contribution in [0.15, 0.2) is 30.7 Å². The van der Waals surface area contributed by atoms with Crippen molar-refractivity contribution in [2.24, 2.45) is 0 Å². The highest BCUT2D eigenvalue weighted by Crippen LogP contribution is 2.14. The molecule has 78 valence electrons. The molecule has 0 N–H and O–H groups in total. The van der Waals surface area contributed by atoms with Crippen LogP contribution in [0.3, 0.4) is 0 Å². The van der Waals surface area contributed by atoms with E-state index in [-0.39, 0.29) is 0 Å². The standard InChI is InChI=1S/C12H15N3/c1-9(2)11-4-5-12(14-8-11)15-7-6-13-10(15)3/h4-9H,1-3H3. The fourth-order valence-corrected chi connectivity index (χ4v) is 1.50. The SMILES string of the molecule is Cc1nccn1-c1ccc(C(C)C)cn1. The number of aromatic nitrogens is 3. The first-order chi connectivity index (χ1) is 7.18. The maximum Gasteiger partial charge on any atom is 0.137 e. The molecule has 0 saturated carbocycles. The van der Waals surface area contributed by atoms with Crippen LogP contribution in [-0.2, 0) is 0 Å². The number of hydrogen-bond acceptors (Lipinski definition) is 2. The van der Waals surface area contributed by atoms with Crippen molar-refractivity contribution in [2.75, 3.05) is 0 Å². The predicted molar refractivity (Wildman–Crippen MR) is 60.2 cm³/mol. The zero-order chi connectivity index (χ0) is 10.8. The van der Waals surface area contributed by atoms with Gasteiger partial charge in [-0.2, -0.15) is 0 Å². The molecule has 0 fully saturated rings. The highest BCUT2D eigenvalue weighted by molar-refractivity contribution is 5.28. The number of imidazole rings is 1. The summed E-state index contributed by atoms with van der Waals surface area (Å²) in [5.41, 5.74) is 1.26. The summed E-state index contributed by atoms with van der Waals surface area (Å²) in [6.45, 7) is 6.30. The van der Waals surface area contributed by atoms with Crippen molar-refractivity contribution in [3.8, 4) is 5.82 Å². The summed E-state index contributed by atoms with van der Waals surface area (Å²) in [4.78, 5) is 8.60. The molecular weight excluding hydrogens is 186 g/mol. The third-order valence-corrected chi connectivity index (χ3v) is 2.51. The Bertz CT molecular complexity index is 440. The average molecular weight is 201 g/mol. The molecule has 0 bridgehead atoms. The van der Waals surface area contributed by atoms with Gasteiger partial charge in [0.15, 0.2) is 0 Å². The van der Waals surface area contributed by atoms with Crippen molar-refractivity contribution in [3.05, 3.63) is 42.1 Å². The lowest BCUT2D eigenvalue weighted by Crippen LogP contribution is -1.99. The minimum Gasteiger partial charge on any atom is -0.288 e. The molecule has 2 rings (SSSR count). The molecule has 2 aromatic heterocycles. The Kier molecular flexibility index (Phi) is 2.54. The van der Waals surface area contributed by atoms with Gasteiger partial charge in [-0.1, -0.05) is 19.9 Å². The summed E-state index contributed by atoms with van der Waals surface area (Å²) in [5.74, 6) is 2.41. The number of nitrogens with zero attached hydrogens (tertiary/aromatic N) is 3. The van der Waals surface area contributed by atoms with E-state index >= 15 is 0 Å². The Morgan fingerprint density at radius 2 is 2.00 bits per heavy atom. The van der Waals surface area contributed by atoms with Crippen LogP contribution in [0.2, 0.25) is 0 Å². The maximum absolute atomic E-state index is 4.43. The van der Waals surface area contributed by atoms with E-state index in [9.17, 15) is 0 Å². The van der Waals surface area contributed by atoms with Gasteiger partial charge >= 0.3 is 0 Å². The highest BCUT2D eigenvalue weighted by atomic mass is 15.1. The van der Waals surface area contributed by atoms with Gasteiger partial charge < -0.3 is 0 Å². The Balaban J connectivity index is 2.36. The maximum atomic E-state index is 4.43. The van der Waals surface area contributed by atoms with Crippen LogP contribution in [-0.4, -0.2) is 14.5 Å². The van der Waals surface area contributed by atoms with E-state index < -0.39 is 0 Å². The second-order valence-corrected chi connectivity index (χ2v) is 3.95. The average Bonchev–Trinajstić information content (AvgIpc) is 2.65. The van der Waals surface area contributed by atoms with Gasteiger partial charge in [0.2, 0.25) is 0 Å². The molecule has 0 unspecified atom stereocenters. The first-order valence-electron chi connectivity index (χ1n) is 5.15. The first-order valence-corrected chi connectivity index (χ1v) is 5.15. The van der Waals surface area contributed by atoms with Gasteiger partial charge in [0.1, 0.15) is 11.6 Å². The fourth-order valence-electron chi connectivity index (χ4n) is 1.50. The molecule has 0 spiro atoms. The molecule has 0 aliphatic carbocycles. The molecule has 0 saturated heterocycles. The summed E-state index contributed by atoms with van der Waals surface area (Å²) >= 11 is 0. The minimum atomic E-state index is 0.524. The van der Waals surface area contributed by atoms with Crippen LogP contribution in [0.5, 0.6) is 0 Å². The van der Waals surface area contributed by atoms with Crippen LogP contribution in [0.4, 0.5) is 0 Å². The largest absolute Gasteiger partial charge is 0.288 e. The summed E-state index contributed by atoms with van der Waals surface area (Å²) in [6, 6.07) is 4.15. The molecule has 2 aromatic rings. The number of pyridine rings is 1. The quantitative estimate of drug-likeness (QED) is 0.748. The van der Waals surface area contributed by atoms with Crippen molar-refractivity contribution < 1.29 is 0 Å². The fraction of sp³-hybridized carbons (Fsp3) is 0.333. The van der Waals surface area contributed by atoms with Crippen molar-refractivity contribution in [3.63, 3.8) is 0 Å². The van der Waals surface area contributed by atoms with E-state index in [0.717, 1.165) is 11.6 Å². The van der Waals surface area contributed by atoms with E-state index in [4.69, 9.17) is 0 Å². The molecule has 0 aliphatic heterocycles. The Hall–Kier alpha value is -1.64. The Labute approximate surface area is 89.8 Å². The van der Waals surface area contributed by atoms with E-state index in [0.29, 0.717) is 5.92 Å². The van der Waals surface area contributed by atoms with Crippen molar-refractivity contribution in [1.82, 2.24) is 14.5 Å². The highest BCUT2D eigenvalue weighted by Gasteiger charge is 2.03. The third-order valence-electron chi connectivity index (χ3n) is 2.51. The van der Waals surface area contributed by atoms with Crippen LogP contribution < -0.4 is 0 Å². The third kappa shape index (κ3) is 1.91. The van der Waals surface area contributed by atoms with E-state index in [1.165, 1.54) is 5.56 Å². The summed E-state index contributed by atoms with van der Waals surface area (Å²) in [5, 5.41) is 0. The summed E-state index contributed by atoms with van der Waals surface area (Å²) in [6.07, 6.45) is 5.64. The first kappa shape index (κ1) is 9.90. The number of hydrogen-bond donors (Lipinski definition) is 0. The Morgan fingerprint density at radius 3 is 2.47 bits per heavy atom. The molecule has 0 atom stereocenters. The second kappa shape index (κ2) is 3.85. The van der Waals surface area contributed by atoms with Gasteiger partial charge in [0.25, 0.3) is 0 Å². The summed E-state index contributed by atoms with van der Waals surface area (Å²) in [7, 11) is 0. The van der Waals surface area contributed by atoms with Gasteiger partial charge in [-0.05, 0) is 24.5 Å². The lowest BCUT2D eigenvalue weighted by molar-refractivity contribution is 0.848. The second-order valence-electron chi connectivity index (χ2n) is 3.95. The Morgan fingerprint density at radius 1 is 1.20 bits per heavy atom. The van der Waals surface area contributed by atoms with Gasteiger partial charge in [-0.3, -0.25) is 4.57 Å². The predicted octanol–water partition coefficient (Wildman–Crippen LogP) is 2.70.